The van der Waals surface area contributed by atoms with Crippen LogP contribution in [0.15, 0.2) is 16.8 Å². The normalized spacial score (nSPS) is 10.6. The van der Waals surface area contributed by atoms with Gasteiger partial charge in [0.1, 0.15) is 0 Å². The van der Waals surface area contributed by atoms with Gasteiger partial charge in [-0.3, -0.25) is 4.79 Å². The minimum absolute atomic E-state index is 0.145. The quantitative estimate of drug-likeness (QED) is 0.767. The van der Waals surface area contributed by atoms with Gasteiger partial charge < -0.3 is 4.74 Å². The van der Waals surface area contributed by atoms with Gasteiger partial charge in [0, 0.05) is 10.3 Å². The van der Waals surface area contributed by atoms with Crippen LogP contribution in [0.3, 0.4) is 0 Å². The molecule has 0 aromatic carbocycles. The second-order valence-electron chi connectivity index (χ2n) is 4.36. The van der Waals surface area contributed by atoms with Crippen molar-refractivity contribution in [3.05, 3.63) is 38.0 Å². The molecular weight excluding hydrogens is 278 g/mol. The highest BCUT2D eigenvalue weighted by Crippen LogP contribution is 2.19. The number of aryl methyl sites for hydroxylation is 4. The number of thiophene rings is 1. The van der Waals surface area contributed by atoms with Gasteiger partial charge in [0.25, 0.3) is 0 Å². The molecule has 0 atom stereocenters. The first kappa shape index (κ1) is 14.2. The molecule has 3 nitrogen and oxygen atoms in total. The van der Waals surface area contributed by atoms with Gasteiger partial charge in [-0.15, -0.1) is 22.7 Å². The molecule has 0 aliphatic rings. The summed E-state index contributed by atoms with van der Waals surface area (Å²) >= 11 is 3.42. The van der Waals surface area contributed by atoms with Crippen molar-refractivity contribution in [2.24, 2.45) is 0 Å². The molecule has 5 heteroatoms. The van der Waals surface area contributed by atoms with Crippen LogP contribution in [-0.2, 0) is 28.8 Å². The maximum Gasteiger partial charge on any atom is 0.305 e. The molecule has 0 aliphatic carbocycles. The maximum atomic E-state index is 11.1. The van der Waals surface area contributed by atoms with Crippen molar-refractivity contribution in [1.82, 2.24) is 4.98 Å². The first-order chi connectivity index (χ1) is 9.17. The van der Waals surface area contributed by atoms with Gasteiger partial charge in [0.15, 0.2) is 0 Å². The van der Waals surface area contributed by atoms with E-state index in [1.807, 2.05) is 6.92 Å². The second kappa shape index (κ2) is 6.82. The Morgan fingerprint density at radius 3 is 2.79 bits per heavy atom. The lowest BCUT2D eigenvalue weighted by Crippen LogP contribution is -2.00. The fourth-order valence-corrected chi connectivity index (χ4v) is 3.39. The van der Waals surface area contributed by atoms with Gasteiger partial charge in [0.2, 0.25) is 0 Å². The Labute approximate surface area is 121 Å². The third-order valence-electron chi connectivity index (χ3n) is 2.85. The summed E-state index contributed by atoms with van der Waals surface area (Å²) in [6, 6.07) is 2.19. The van der Waals surface area contributed by atoms with Crippen LogP contribution in [0.1, 0.15) is 27.6 Å². The summed E-state index contributed by atoms with van der Waals surface area (Å²) in [5.41, 5.74) is 2.50. The van der Waals surface area contributed by atoms with E-state index in [0.717, 1.165) is 24.3 Å². The van der Waals surface area contributed by atoms with Crippen LogP contribution in [0, 0.1) is 6.92 Å². The molecule has 19 heavy (non-hydrogen) atoms. The first-order valence-corrected chi connectivity index (χ1v) is 7.97. The van der Waals surface area contributed by atoms with E-state index in [1.165, 1.54) is 23.2 Å². The van der Waals surface area contributed by atoms with E-state index < -0.39 is 0 Å². The fraction of sp³-hybridized carbons (Fsp3) is 0.429. The Kier molecular flexibility index (Phi) is 5.10. The number of thiazole rings is 1. The van der Waals surface area contributed by atoms with Crippen molar-refractivity contribution < 1.29 is 9.53 Å². The summed E-state index contributed by atoms with van der Waals surface area (Å²) in [6.45, 7) is 2.03. The van der Waals surface area contributed by atoms with Gasteiger partial charge in [-0.05, 0) is 43.2 Å². The predicted molar refractivity (Wildman–Crippen MR) is 78.9 cm³/mol. The van der Waals surface area contributed by atoms with Crippen molar-refractivity contribution in [3.8, 4) is 0 Å². The van der Waals surface area contributed by atoms with Crippen LogP contribution in [0.5, 0.6) is 0 Å². The SMILES string of the molecule is COC(=O)CCc1cc(CCc2csc(C)n2)cs1. The summed E-state index contributed by atoms with van der Waals surface area (Å²) < 4.78 is 4.64. The highest BCUT2D eigenvalue weighted by Gasteiger charge is 2.05. The molecule has 102 valence electrons. The molecule has 0 N–H and O–H groups in total. The lowest BCUT2D eigenvalue weighted by Gasteiger charge is -1.96. The van der Waals surface area contributed by atoms with Crippen LogP contribution < -0.4 is 0 Å². The molecule has 0 saturated carbocycles. The zero-order valence-electron chi connectivity index (χ0n) is 11.1. The van der Waals surface area contributed by atoms with E-state index in [9.17, 15) is 4.79 Å². The van der Waals surface area contributed by atoms with Gasteiger partial charge in [0.05, 0.1) is 24.2 Å². The lowest BCUT2D eigenvalue weighted by atomic mass is 10.1. The third kappa shape index (κ3) is 4.44. The van der Waals surface area contributed by atoms with Crippen molar-refractivity contribution in [2.75, 3.05) is 7.11 Å². The molecule has 0 aliphatic heterocycles. The lowest BCUT2D eigenvalue weighted by molar-refractivity contribution is -0.140. The zero-order valence-corrected chi connectivity index (χ0v) is 12.8. The van der Waals surface area contributed by atoms with Gasteiger partial charge >= 0.3 is 5.97 Å². The molecule has 2 aromatic heterocycles. The molecule has 2 heterocycles. The number of hydrogen-bond donors (Lipinski definition) is 0. The Bertz CT molecular complexity index is 545. The molecule has 2 rings (SSSR count). The molecule has 2 aromatic rings. The molecule has 0 unspecified atom stereocenters. The Morgan fingerprint density at radius 1 is 1.26 bits per heavy atom. The second-order valence-corrected chi connectivity index (χ2v) is 6.41. The van der Waals surface area contributed by atoms with Crippen molar-refractivity contribution in [1.29, 1.82) is 0 Å². The van der Waals surface area contributed by atoms with Crippen LogP contribution in [-0.4, -0.2) is 18.1 Å². The van der Waals surface area contributed by atoms with Crippen molar-refractivity contribution in [3.63, 3.8) is 0 Å². The average molecular weight is 295 g/mol. The number of rotatable bonds is 6. The number of aromatic nitrogens is 1. The number of ether oxygens (including phenoxy) is 1. The molecular formula is C14H17NO2S2. The summed E-state index contributed by atoms with van der Waals surface area (Å²) in [5, 5.41) is 5.42. The molecule has 0 amide bonds. The molecule has 0 radical (unpaired) electrons. The minimum atomic E-state index is -0.145. The van der Waals surface area contributed by atoms with E-state index in [4.69, 9.17) is 0 Å². The van der Waals surface area contributed by atoms with E-state index >= 15 is 0 Å². The number of carbonyl (C=O) groups is 1. The summed E-state index contributed by atoms with van der Waals surface area (Å²) in [5.74, 6) is -0.145. The molecule has 0 spiro atoms. The van der Waals surface area contributed by atoms with E-state index in [0.29, 0.717) is 6.42 Å². The zero-order chi connectivity index (χ0) is 13.7. The van der Waals surface area contributed by atoms with Crippen LogP contribution in [0.25, 0.3) is 0 Å². The molecule has 0 saturated heterocycles. The van der Waals surface area contributed by atoms with Crippen LogP contribution in [0.4, 0.5) is 0 Å². The van der Waals surface area contributed by atoms with Crippen molar-refractivity contribution in [2.45, 2.75) is 32.6 Å². The summed E-state index contributed by atoms with van der Waals surface area (Å²) in [4.78, 5) is 16.8. The van der Waals surface area contributed by atoms with Crippen LogP contribution in [0.2, 0.25) is 0 Å². The number of esters is 1. The number of methoxy groups -OCH3 is 1. The Hall–Kier alpha value is -1.20. The number of carbonyl (C=O) groups excluding carboxylic acids is 1. The fourth-order valence-electron chi connectivity index (χ4n) is 1.81. The summed E-state index contributed by atoms with van der Waals surface area (Å²) in [6.07, 6.45) is 3.23. The largest absolute Gasteiger partial charge is 0.469 e. The van der Waals surface area contributed by atoms with Gasteiger partial charge in [-0.2, -0.15) is 0 Å². The average Bonchev–Trinajstić information content (AvgIpc) is 3.02. The van der Waals surface area contributed by atoms with Crippen molar-refractivity contribution >= 4 is 28.6 Å². The molecule has 0 fully saturated rings. The van der Waals surface area contributed by atoms with Gasteiger partial charge in [-0.1, -0.05) is 0 Å². The highest BCUT2D eigenvalue weighted by molar-refractivity contribution is 7.10. The van der Waals surface area contributed by atoms with E-state index in [-0.39, 0.29) is 5.97 Å². The van der Waals surface area contributed by atoms with E-state index in [2.05, 4.69) is 26.5 Å². The highest BCUT2D eigenvalue weighted by atomic mass is 32.1. The third-order valence-corrected chi connectivity index (χ3v) is 4.72. The monoisotopic (exact) mass is 295 g/mol. The maximum absolute atomic E-state index is 11.1. The standard InChI is InChI=1S/C14H17NO2S2/c1-10-15-12(9-18-10)4-3-11-7-13(19-8-11)5-6-14(16)17-2/h7-9H,3-6H2,1-2H3. The minimum Gasteiger partial charge on any atom is -0.469 e. The Morgan fingerprint density at radius 2 is 2.11 bits per heavy atom. The van der Waals surface area contributed by atoms with Crippen LogP contribution >= 0.6 is 22.7 Å². The predicted octanol–water partition coefficient (Wildman–Crippen LogP) is 3.40. The smallest absolute Gasteiger partial charge is 0.305 e. The summed E-state index contributed by atoms with van der Waals surface area (Å²) in [7, 11) is 1.43. The van der Waals surface area contributed by atoms with E-state index in [1.54, 1.807) is 22.7 Å². The first-order valence-electron chi connectivity index (χ1n) is 6.21. The number of nitrogens with zero attached hydrogens (tertiary/aromatic N) is 1. The number of hydrogen-bond acceptors (Lipinski definition) is 5. The topological polar surface area (TPSA) is 39.2 Å². The van der Waals surface area contributed by atoms with Gasteiger partial charge in [-0.25, -0.2) is 4.98 Å². The molecule has 0 bridgehead atoms. The Balaban J connectivity index is 1.82.